The summed E-state index contributed by atoms with van der Waals surface area (Å²) < 4.78 is 12.2. The van der Waals surface area contributed by atoms with Crippen LogP contribution in [0.1, 0.15) is 19.8 Å². The van der Waals surface area contributed by atoms with Gasteiger partial charge in [0.05, 0.1) is 13.6 Å². The van der Waals surface area contributed by atoms with Gasteiger partial charge in [0.1, 0.15) is 6.20 Å². The number of nitrogens with zero attached hydrogens (tertiary/aromatic N) is 2. The van der Waals surface area contributed by atoms with Gasteiger partial charge in [0.15, 0.2) is 0 Å². The Hall–Kier alpha value is 0.122. The maximum absolute atomic E-state index is 8.17. The van der Waals surface area contributed by atoms with Crippen molar-refractivity contribution in [2.45, 2.75) is 26.3 Å². The standard InChI is InChI=1S/C8H14ClN2.Al.ClH.O/c1-3-4-5-11-7-10(2)6-8(11)9;;;/h6-7H,3-5H2,1-2H3;;1H;/q+1;;;. The number of aromatic nitrogens is 2. The number of halogens is 2. The molecular formula is C8H15AlCl2N2O+. The Kier molecular flexibility index (Phi) is 11.4. The van der Waals surface area contributed by atoms with Crippen molar-refractivity contribution < 1.29 is 8.37 Å². The van der Waals surface area contributed by atoms with Gasteiger partial charge in [0.25, 0.3) is 0 Å². The van der Waals surface area contributed by atoms with Crippen molar-refractivity contribution in [1.29, 1.82) is 0 Å². The van der Waals surface area contributed by atoms with Crippen molar-refractivity contribution in [2.75, 3.05) is 0 Å². The summed E-state index contributed by atoms with van der Waals surface area (Å²) in [5.41, 5.74) is 0. The van der Waals surface area contributed by atoms with Gasteiger partial charge in [-0.3, -0.25) is 0 Å². The maximum atomic E-state index is 8.17. The van der Waals surface area contributed by atoms with Crippen molar-refractivity contribution in [2.24, 2.45) is 7.05 Å². The fourth-order valence-electron chi connectivity index (χ4n) is 1.04. The van der Waals surface area contributed by atoms with Crippen LogP contribution in [0.2, 0.25) is 5.15 Å². The summed E-state index contributed by atoms with van der Waals surface area (Å²) in [6.07, 6.45) is 6.32. The molecule has 6 heteroatoms. The molecule has 0 atom stereocenters. The third-order valence-electron chi connectivity index (χ3n) is 1.66. The predicted octanol–water partition coefficient (Wildman–Crippen LogP) is 1.69. The van der Waals surface area contributed by atoms with Gasteiger partial charge < -0.3 is 0 Å². The molecule has 0 aliphatic carbocycles. The number of unbranched alkanes of at least 4 members (excludes halogenated alkanes) is 1. The average molecular weight is 253 g/mol. The number of hydrogen-bond donors (Lipinski definition) is 0. The first-order chi connectivity index (χ1) is 6.24. The molecule has 1 aromatic heterocycles. The van der Waals surface area contributed by atoms with Crippen LogP contribution in [-0.2, 0) is 17.4 Å². The molecule has 0 saturated heterocycles. The monoisotopic (exact) mass is 252 g/mol. The van der Waals surface area contributed by atoms with E-state index in [-0.39, 0.29) is 12.4 Å². The summed E-state index contributed by atoms with van der Waals surface area (Å²) >= 11 is 7.09. The first-order valence-corrected chi connectivity index (χ1v) is 5.03. The summed E-state index contributed by atoms with van der Waals surface area (Å²) in [6.45, 7) is 3.20. The second-order valence-electron chi connectivity index (χ2n) is 2.78. The van der Waals surface area contributed by atoms with E-state index in [4.69, 9.17) is 15.4 Å². The zero-order valence-corrected chi connectivity index (χ0v) is 11.2. The van der Waals surface area contributed by atoms with E-state index < -0.39 is 0 Å². The van der Waals surface area contributed by atoms with Gasteiger partial charge in [-0.05, 0) is 18.0 Å². The molecular weight excluding hydrogens is 238 g/mol. The fraction of sp³-hybridized carbons (Fsp3) is 0.625. The van der Waals surface area contributed by atoms with Crippen molar-refractivity contribution in [3.05, 3.63) is 17.7 Å². The average Bonchev–Trinajstić information content (AvgIpc) is 2.45. The molecule has 0 aliphatic heterocycles. The minimum atomic E-state index is 0. The molecule has 1 aromatic rings. The van der Waals surface area contributed by atoms with E-state index in [0.717, 1.165) is 11.7 Å². The second kappa shape index (κ2) is 9.67. The molecule has 0 aromatic carbocycles. The Morgan fingerprint density at radius 1 is 1.57 bits per heavy atom. The summed E-state index contributed by atoms with van der Waals surface area (Å²) in [5, 5.41) is 0.820. The van der Waals surface area contributed by atoms with E-state index in [2.05, 4.69) is 11.5 Å². The molecule has 0 fully saturated rings. The molecule has 0 bridgehead atoms. The van der Waals surface area contributed by atoms with Crippen molar-refractivity contribution in [3.63, 3.8) is 0 Å². The van der Waals surface area contributed by atoms with E-state index in [1.54, 1.807) is 0 Å². The fourth-order valence-corrected chi connectivity index (χ4v) is 1.33. The topological polar surface area (TPSA) is 25.9 Å². The zero-order valence-electron chi connectivity index (χ0n) is 8.44. The van der Waals surface area contributed by atoms with Crippen LogP contribution in [0.5, 0.6) is 0 Å². The second-order valence-corrected chi connectivity index (χ2v) is 3.17. The molecule has 0 amide bonds. The van der Waals surface area contributed by atoms with Crippen molar-refractivity contribution >= 4 is 40.2 Å². The Bertz CT molecular complexity index is 255. The molecule has 14 heavy (non-hydrogen) atoms. The molecule has 1 rings (SSSR count). The van der Waals surface area contributed by atoms with Crippen LogP contribution in [0, 0.1) is 0 Å². The van der Waals surface area contributed by atoms with Crippen LogP contribution < -0.4 is 4.57 Å². The first kappa shape index (κ1) is 16.5. The number of aryl methyl sites for hydroxylation is 2. The summed E-state index contributed by atoms with van der Waals surface area (Å²) in [5.74, 6) is 0. The van der Waals surface area contributed by atoms with Gasteiger partial charge in [0, 0.05) is 0 Å². The van der Waals surface area contributed by atoms with E-state index in [9.17, 15) is 0 Å². The third-order valence-corrected chi connectivity index (χ3v) is 1.97. The number of hydrogen-bond acceptors (Lipinski definition) is 1. The molecule has 0 unspecified atom stereocenters. The normalized spacial score (nSPS) is 8.43. The Morgan fingerprint density at radius 3 is 2.50 bits per heavy atom. The van der Waals surface area contributed by atoms with Gasteiger partial charge >= 0.3 is 20.0 Å². The predicted molar refractivity (Wildman–Crippen MR) is 59.2 cm³/mol. The molecule has 3 nitrogen and oxygen atoms in total. The SMILES string of the molecule is CCCCn1c[n+](C)cc1Cl.Cl.[O]=[Al]. The van der Waals surface area contributed by atoms with Crippen LogP contribution in [0.4, 0.5) is 0 Å². The van der Waals surface area contributed by atoms with Gasteiger partial charge in [0.2, 0.25) is 11.5 Å². The van der Waals surface area contributed by atoms with E-state index in [0.29, 0.717) is 0 Å². The van der Waals surface area contributed by atoms with Gasteiger partial charge in [-0.15, -0.1) is 12.4 Å². The van der Waals surface area contributed by atoms with Crippen LogP contribution in [0.15, 0.2) is 12.5 Å². The molecule has 0 N–H and O–H groups in total. The van der Waals surface area contributed by atoms with Crippen LogP contribution in [0.25, 0.3) is 0 Å². The van der Waals surface area contributed by atoms with Gasteiger partial charge in [-0.25, -0.2) is 9.13 Å². The van der Waals surface area contributed by atoms with Gasteiger partial charge in [-0.1, -0.05) is 13.3 Å². The number of imidazole rings is 1. The van der Waals surface area contributed by atoms with Crippen LogP contribution in [-0.4, -0.2) is 20.8 Å². The van der Waals surface area contributed by atoms with Crippen LogP contribution >= 0.6 is 24.0 Å². The number of rotatable bonds is 3. The van der Waals surface area contributed by atoms with Crippen LogP contribution in [0.3, 0.4) is 0 Å². The molecule has 0 aliphatic rings. The summed E-state index contributed by atoms with van der Waals surface area (Å²) in [4.78, 5) is 0. The Balaban J connectivity index is 0. The first-order valence-electron chi connectivity index (χ1n) is 4.18. The molecule has 0 saturated carbocycles. The van der Waals surface area contributed by atoms with E-state index in [1.807, 2.05) is 24.1 Å². The van der Waals surface area contributed by atoms with E-state index in [1.165, 1.54) is 29.1 Å². The molecule has 1 heterocycles. The molecule has 79 valence electrons. The third kappa shape index (κ3) is 5.77. The van der Waals surface area contributed by atoms with Crippen molar-refractivity contribution in [3.8, 4) is 0 Å². The van der Waals surface area contributed by atoms with Gasteiger partial charge in [-0.2, -0.15) is 0 Å². The Morgan fingerprint density at radius 2 is 2.14 bits per heavy atom. The van der Waals surface area contributed by atoms with E-state index >= 15 is 0 Å². The Labute approximate surface area is 104 Å². The summed E-state index contributed by atoms with van der Waals surface area (Å²) in [7, 11) is 1.98. The molecule has 1 radical (unpaired) electrons. The molecule has 0 spiro atoms. The van der Waals surface area contributed by atoms with Crippen molar-refractivity contribution in [1.82, 2.24) is 4.57 Å². The minimum absolute atomic E-state index is 0. The zero-order chi connectivity index (χ0) is 10.3. The summed E-state index contributed by atoms with van der Waals surface area (Å²) in [6, 6.07) is 0. The quantitative estimate of drug-likeness (QED) is 0.594.